The van der Waals surface area contributed by atoms with Crippen LogP contribution in [0.1, 0.15) is 102 Å². The average molecular weight is 899 g/mol. The summed E-state index contributed by atoms with van der Waals surface area (Å²) >= 11 is 3.11. The van der Waals surface area contributed by atoms with Gasteiger partial charge in [0.05, 0.1) is 47.8 Å². The zero-order valence-electron chi connectivity index (χ0n) is 38.6. The Bertz CT molecular complexity index is 1630. The number of hydrogen-bond acceptors (Lipinski definition) is 16. The van der Waals surface area contributed by atoms with Crippen molar-refractivity contribution in [1.29, 1.82) is 0 Å². The van der Waals surface area contributed by atoms with E-state index in [2.05, 4.69) is 13.8 Å². The number of carbonyl (C=O) groups excluding carboxylic acids is 1. The second-order valence-electron chi connectivity index (χ2n) is 19.3. The van der Waals surface area contributed by atoms with Crippen molar-refractivity contribution in [3.63, 3.8) is 0 Å². The first-order valence-corrected chi connectivity index (χ1v) is 23.7. The molecule has 16 heteroatoms. The van der Waals surface area contributed by atoms with Gasteiger partial charge in [-0.25, -0.2) is 0 Å². The van der Waals surface area contributed by atoms with Crippen LogP contribution in [0.2, 0.25) is 0 Å². The monoisotopic (exact) mass is 898 g/mol. The molecule has 1 aromatic rings. The number of benzene rings is 1. The lowest BCUT2D eigenvalue weighted by molar-refractivity contribution is -0.313. The number of rotatable bonds is 9. The molecule has 5 rings (SSSR count). The van der Waals surface area contributed by atoms with Crippen molar-refractivity contribution in [2.75, 3.05) is 21.2 Å². The van der Waals surface area contributed by atoms with Crippen LogP contribution in [-0.2, 0) is 38.1 Å². The van der Waals surface area contributed by atoms with Crippen LogP contribution in [0, 0.1) is 29.1 Å². The summed E-state index contributed by atoms with van der Waals surface area (Å²) in [6.07, 6.45) is -7.48. The molecule has 348 valence electrons. The fourth-order valence-electron chi connectivity index (χ4n) is 9.97. The Balaban J connectivity index is 1.61. The van der Waals surface area contributed by atoms with E-state index in [4.69, 9.17) is 38.4 Å². The van der Waals surface area contributed by atoms with Crippen molar-refractivity contribution in [3.8, 4) is 0 Å². The maximum Gasteiger partial charge on any atom is 0.311 e. The summed E-state index contributed by atoms with van der Waals surface area (Å²) < 4.78 is 38.2. The molecule has 4 aliphatic heterocycles. The van der Waals surface area contributed by atoms with E-state index < -0.39 is 95.6 Å². The number of aliphatic hydroxyl groups is 4. The topological polar surface area (TPSA) is 178 Å². The van der Waals surface area contributed by atoms with E-state index in [1.54, 1.807) is 51.2 Å². The van der Waals surface area contributed by atoms with Gasteiger partial charge in [-0.2, -0.15) is 0 Å². The minimum absolute atomic E-state index is 0.164. The number of hydrogen-bond donors (Lipinski definition) is 4. The molecule has 4 N–H and O–H groups in total. The predicted molar refractivity (Wildman–Crippen MR) is 235 cm³/mol. The minimum atomic E-state index is -1.89. The number of fused-ring (bicyclic) bond motifs is 1. The Morgan fingerprint density at radius 3 is 2.10 bits per heavy atom. The van der Waals surface area contributed by atoms with Crippen molar-refractivity contribution in [2.24, 2.45) is 34.2 Å². The second-order valence-corrected chi connectivity index (χ2v) is 21.8. The maximum absolute atomic E-state index is 14.5. The fourth-order valence-corrected chi connectivity index (χ4v) is 12.3. The fraction of sp³-hybridized carbons (Fsp3) is 0.822. The zero-order valence-corrected chi connectivity index (χ0v) is 40.3. The second kappa shape index (κ2) is 20.3. The Hall–Kier alpha value is -1.54. The third-order valence-corrected chi connectivity index (χ3v) is 16.2. The highest BCUT2D eigenvalue weighted by atomic mass is 32.2. The standard InChI is InChI=1S/C45H74N2O12S2/c1-15-32-45(11,52)37(49)25(4)34(46-59-42-60-30-18-16-17-19-31(30)61-42)23(2)21-43(8,9)39(58-41-35(48)29(47(12)13)20-24(3)54-41)26(5)36(27(6)40(51)56-32)57-33-22-44(10,53-14)38(50)28(7)55-33/h16-19,23-29,32-33,35-39,41-42,48-50,52H,15,20-22H2,1-14H3/b46-34+/t23-,24?,25+,26+,27-,28?,29?,32-,33?,35?,36+,37-,38?,39-,41?,44?,45-/m1/s1. The molecule has 8 unspecified atom stereocenters. The number of thioether (sulfide) groups is 2. The summed E-state index contributed by atoms with van der Waals surface area (Å²) in [4.78, 5) is 24.9. The first kappa shape index (κ1) is 50.5. The van der Waals surface area contributed by atoms with E-state index in [9.17, 15) is 25.2 Å². The summed E-state index contributed by atoms with van der Waals surface area (Å²) in [5, 5.41) is 51.9. The van der Waals surface area contributed by atoms with Gasteiger partial charge in [0, 0.05) is 41.2 Å². The van der Waals surface area contributed by atoms with Crippen molar-refractivity contribution < 1.29 is 58.5 Å². The van der Waals surface area contributed by atoms with Gasteiger partial charge in [0.15, 0.2) is 12.6 Å². The number of methoxy groups -OCH3 is 1. The van der Waals surface area contributed by atoms with Gasteiger partial charge in [0.2, 0.25) is 4.77 Å². The van der Waals surface area contributed by atoms with Crippen LogP contribution in [0.3, 0.4) is 0 Å². The van der Waals surface area contributed by atoms with Gasteiger partial charge < -0.3 is 58.6 Å². The van der Waals surface area contributed by atoms with E-state index >= 15 is 0 Å². The van der Waals surface area contributed by atoms with Crippen molar-refractivity contribution >= 4 is 35.2 Å². The molecule has 0 radical (unpaired) electrons. The van der Waals surface area contributed by atoms with Gasteiger partial charge in [-0.1, -0.05) is 82.4 Å². The number of esters is 1. The number of carbonyl (C=O) groups is 1. The Morgan fingerprint density at radius 2 is 1.52 bits per heavy atom. The zero-order chi connectivity index (χ0) is 45.4. The number of ether oxygens (including phenoxy) is 6. The summed E-state index contributed by atoms with van der Waals surface area (Å²) in [5.74, 6) is -3.25. The molecule has 1 aromatic carbocycles. The average Bonchev–Trinajstić information content (AvgIpc) is 3.62. The van der Waals surface area contributed by atoms with Crippen LogP contribution in [0.5, 0.6) is 0 Å². The third kappa shape index (κ3) is 11.1. The van der Waals surface area contributed by atoms with E-state index in [0.717, 1.165) is 9.79 Å². The molecule has 0 spiro atoms. The molecule has 3 fully saturated rings. The largest absolute Gasteiger partial charge is 0.459 e. The van der Waals surface area contributed by atoms with Crippen LogP contribution >= 0.6 is 23.5 Å². The molecule has 0 amide bonds. The molecule has 0 bridgehead atoms. The SMILES string of the molecule is CC[C@H]1OC(=O)[C@H](C)[C@@H](OC2CC(C)(OC)C(O)C(C)O2)[C@H](C)[C@@H](OC2OC(C)CC(N(C)C)C2O)C(C)(C)C[C@@H](C)/C(=N\OC2Sc3ccccc3S2)[C@H](C)[C@@H](O)[C@]1(C)O. The smallest absolute Gasteiger partial charge is 0.311 e. The Morgan fingerprint density at radius 1 is 0.902 bits per heavy atom. The summed E-state index contributed by atoms with van der Waals surface area (Å²) in [6.45, 7) is 20.4. The molecular formula is C45H74N2O12S2. The lowest BCUT2D eigenvalue weighted by Crippen LogP contribution is -2.60. The molecule has 17 atom stereocenters. The van der Waals surface area contributed by atoms with Crippen LogP contribution in [0.15, 0.2) is 39.2 Å². The number of cyclic esters (lactones) is 1. The van der Waals surface area contributed by atoms with Gasteiger partial charge in [0.1, 0.15) is 23.9 Å². The van der Waals surface area contributed by atoms with Crippen molar-refractivity contribution in [2.45, 2.75) is 195 Å². The Kier molecular flexibility index (Phi) is 16.8. The molecule has 4 aliphatic rings. The van der Waals surface area contributed by atoms with Crippen molar-refractivity contribution in [1.82, 2.24) is 4.90 Å². The number of oxime groups is 1. The number of likely N-dealkylation sites (N-methyl/N-ethyl adjacent to an activating group) is 1. The first-order chi connectivity index (χ1) is 28.4. The van der Waals surface area contributed by atoms with Gasteiger partial charge >= 0.3 is 5.97 Å². The minimum Gasteiger partial charge on any atom is -0.459 e. The normalized spacial score (nSPS) is 43.8. The van der Waals surface area contributed by atoms with E-state index in [1.165, 1.54) is 14.0 Å². The first-order valence-electron chi connectivity index (χ1n) is 21.9. The van der Waals surface area contributed by atoms with E-state index in [0.29, 0.717) is 18.6 Å². The van der Waals surface area contributed by atoms with E-state index in [1.807, 2.05) is 71.0 Å². The van der Waals surface area contributed by atoms with Crippen molar-refractivity contribution in [3.05, 3.63) is 24.3 Å². The molecule has 61 heavy (non-hydrogen) atoms. The highest BCUT2D eigenvalue weighted by Crippen LogP contribution is 2.49. The summed E-state index contributed by atoms with van der Waals surface area (Å²) in [7, 11) is 5.38. The van der Waals surface area contributed by atoms with Gasteiger partial charge in [-0.3, -0.25) is 4.79 Å². The molecule has 0 aliphatic carbocycles. The molecular weight excluding hydrogens is 825 g/mol. The summed E-state index contributed by atoms with van der Waals surface area (Å²) in [6, 6.07) is 7.81. The van der Waals surface area contributed by atoms with Crippen LogP contribution in [0.25, 0.3) is 0 Å². The van der Waals surface area contributed by atoms with Crippen LogP contribution in [0.4, 0.5) is 0 Å². The quantitative estimate of drug-likeness (QED) is 0.166. The van der Waals surface area contributed by atoms with Gasteiger partial charge in [-0.05, 0) is 91.4 Å². The highest BCUT2D eigenvalue weighted by Gasteiger charge is 2.53. The lowest BCUT2D eigenvalue weighted by Gasteiger charge is -2.49. The third-order valence-electron chi connectivity index (χ3n) is 13.7. The van der Waals surface area contributed by atoms with Crippen LogP contribution < -0.4 is 0 Å². The molecule has 0 aromatic heterocycles. The van der Waals surface area contributed by atoms with Crippen LogP contribution in [-0.4, -0.2) is 142 Å². The number of nitrogens with zero attached hydrogens (tertiary/aromatic N) is 2. The highest BCUT2D eigenvalue weighted by molar-refractivity contribution is 8.19. The van der Waals surface area contributed by atoms with Gasteiger partial charge in [0.25, 0.3) is 0 Å². The Labute approximate surface area is 372 Å². The lowest BCUT2D eigenvalue weighted by atomic mass is 9.69. The molecule has 4 heterocycles. The molecule has 0 saturated carbocycles. The van der Waals surface area contributed by atoms with Gasteiger partial charge in [-0.15, -0.1) is 0 Å². The predicted octanol–water partition coefficient (Wildman–Crippen LogP) is 6.05. The number of aliphatic hydroxyl groups excluding tert-OH is 3. The van der Waals surface area contributed by atoms with E-state index in [-0.39, 0.29) is 35.7 Å². The maximum atomic E-state index is 14.5. The molecule has 14 nitrogen and oxygen atoms in total. The summed E-state index contributed by atoms with van der Waals surface area (Å²) in [5.41, 5.74) is -3.12. The molecule has 3 saturated heterocycles.